The average Bonchev–Trinajstić information content (AvgIpc) is 2.57. The number of rotatable bonds is 4. The van der Waals surface area contributed by atoms with E-state index in [1.54, 1.807) is 4.90 Å². The van der Waals surface area contributed by atoms with Crippen molar-refractivity contribution < 1.29 is 19.1 Å². The molecule has 126 valence electrons. The third-order valence-corrected chi connectivity index (χ3v) is 3.85. The van der Waals surface area contributed by atoms with E-state index < -0.39 is 6.09 Å². The first-order chi connectivity index (χ1) is 11.6. The Morgan fingerprint density at radius 2 is 2.00 bits per heavy atom. The lowest BCUT2D eigenvalue weighted by molar-refractivity contribution is -0.129. The fourth-order valence-electron chi connectivity index (χ4n) is 2.48. The number of hydrazone groups is 1. The van der Waals surface area contributed by atoms with Crippen molar-refractivity contribution in [3.63, 3.8) is 0 Å². The van der Waals surface area contributed by atoms with E-state index in [0.29, 0.717) is 25.2 Å². The highest BCUT2D eigenvalue weighted by Gasteiger charge is 2.34. The van der Waals surface area contributed by atoms with Crippen molar-refractivity contribution in [1.29, 1.82) is 0 Å². The first-order valence-corrected chi connectivity index (χ1v) is 7.73. The Kier molecular flexibility index (Phi) is 4.74. The summed E-state index contributed by atoms with van der Waals surface area (Å²) in [5, 5.41) is 6.49. The molecule has 3 amide bonds. The molecule has 0 radical (unpaired) electrons. The fraction of sp³-hybridized carbons (Fsp3) is 0.375. The number of carbonyl (C=O) groups excluding carboxylic acids is 3. The molecule has 2 aliphatic heterocycles. The van der Waals surface area contributed by atoms with E-state index in [0.717, 1.165) is 5.56 Å². The van der Waals surface area contributed by atoms with Gasteiger partial charge in [-0.2, -0.15) is 5.10 Å². The lowest BCUT2D eigenvalue weighted by Crippen LogP contribution is -2.62. The molecule has 0 aliphatic carbocycles. The van der Waals surface area contributed by atoms with Gasteiger partial charge in [-0.15, -0.1) is 0 Å². The average molecular weight is 330 g/mol. The Bertz CT molecular complexity index is 668. The highest BCUT2D eigenvalue weighted by Crippen LogP contribution is 2.12. The summed E-state index contributed by atoms with van der Waals surface area (Å²) < 4.78 is 5.13. The van der Waals surface area contributed by atoms with Crippen LogP contribution in [0.3, 0.4) is 0 Å². The molecule has 0 bridgehead atoms. The smallest absolute Gasteiger partial charge is 0.407 e. The van der Waals surface area contributed by atoms with E-state index >= 15 is 0 Å². The Balaban J connectivity index is 1.38. The number of nitrogens with one attached hydrogen (secondary N) is 2. The van der Waals surface area contributed by atoms with Crippen LogP contribution in [0.15, 0.2) is 35.4 Å². The van der Waals surface area contributed by atoms with Gasteiger partial charge in [-0.05, 0) is 5.56 Å². The molecule has 24 heavy (non-hydrogen) atoms. The number of alkyl carbamates (subject to hydrolysis) is 1. The van der Waals surface area contributed by atoms with Crippen molar-refractivity contribution in [3.8, 4) is 0 Å². The number of likely N-dealkylation sites (tertiary alicyclic amines) is 1. The molecule has 1 aromatic rings. The molecule has 1 fully saturated rings. The predicted octanol–water partition coefficient (Wildman–Crippen LogP) is 0.390. The van der Waals surface area contributed by atoms with Gasteiger partial charge in [0.2, 0.25) is 5.91 Å². The van der Waals surface area contributed by atoms with Crippen molar-refractivity contribution in [3.05, 3.63) is 35.9 Å². The predicted molar refractivity (Wildman–Crippen MR) is 84.9 cm³/mol. The first-order valence-electron chi connectivity index (χ1n) is 7.73. The van der Waals surface area contributed by atoms with Crippen LogP contribution in [0.2, 0.25) is 0 Å². The minimum absolute atomic E-state index is 0.129. The lowest BCUT2D eigenvalue weighted by Gasteiger charge is -2.39. The summed E-state index contributed by atoms with van der Waals surface area (Å²) in [7, 11) is 0. The largest absolute Gasteiger partial charge is 0.445 e. The SMILES string of the molecule is O=C1CCC(C(=O)N2CC(NC(=O)OCc3ccccc3)C2)=NN1. The van der Waals surface area contributed by atoms with Gasteiger partial charge in [0.05, 0.1) is 6.04 Å². The third kappa shape index (κ3) is 3.89. The van der Waals surface area contributed by atoms with Gasteiger partial charge in [0.1, 0.15) is 12.3 Å². The fourth-order valence-corrected chi connectivity index (χ4v) is 2.48. The van der Waals surface area contributed by atoms with Crippen LogP contribution in [-0.4, -0.2) is 47.7 Å². The minimum Gasteiger partial charge on any atom is -0.445 e. The molecule has 8 nitrogen and oxygen atoms in total. The molecule has 0 spiro atoms. The van der Waals surface area contributed by atoms with Crippen LogP contribution in [0.4, 0.5) is 4.79 Å². The van der Waals surface area contributed by atoms with Gasteiger partial charge in [-0.3, -0.25) is 9.59 Å². The molecule has 3 rings (SSSR count). The molecule has 1 saturated heterocycles. The number of ether oxygens (including phenoxy) is 1. The molecule has 2 aliphatic rings. The summed E-state index contributed by atoms with van der Waals surface area (Å²) in [6, 6.07) is 9.27. The number of hydrogen-bond acceptors (Lipinski definition) is 5. The molecule has 0 atom stereocenters. The van der Waals surface area contributed by atoms with Crippen LogP contribution in [-0.2, 0) is 20.9 Å². The topological polar surface area (TPSA) is 100 Å². The summed E-state index contributed by atoms with van der Waals surface area (Å²) in [6.45, 7) is 1.02. The first kappa shape index (κ1) is 16.0. The zero-order valence-corrected chi connectivity index (χ0v) is 13.0. The highest BCUT2D eigenvalue weighted by molar-refractivity contribution is 6.39. The lowest BCUT2D eigenvalue weighted by atomic mass is 10.1. The van der Waals surface area contributed by atoms with Crippen LogP contribution in [0.25, 0.3) is 0 Å². The van der Waals surface area contributed by atoms with Gasteiger partial charge in [-0.1, -0.05) is 30.3 Å². The Hall–Kier alpha value is -2.90. The second kappa shape index (κ2) is 7.12. The normalized spacial score (nSPS) is 17.4. The van der Waals surface area contributed by atoms with Gasteiger partial charge in [0, 0.05) is 25.9 Å². The van der Waals surface area contributed by atoms with Gasteiger partial charge in [0.25, 0.3) is 5.91 Å². The van der Waals surface area contributed by atoms with Crippen molar-refractivity contribution in [1.82, 2.24) is 15.6 Å². The summed E-state index contributed by atoms with van der Waals surface area (Å²) in [5.74, 6) is -0.387. The van der Waals surface area contributed by atoms with E-state index in [2.05, 4.69) is 15.8 Å². The minimum atomic E-state index is -0.502. The van der Waals surface area contributed by atoms with Gasteiger partial charge >= 0.3 is 6.09 Å². The van der Waals surface area contributed by atoms with Crippen molar-refractivity contribution in [2.24, 2.45) is 5.10 Å². The van der Waals surface area contributed by atoms with Crippen LogP contribution in [0.1, 0.15) is 18.4 Å². The standard InChI is InChI=1S/C16H18N4O4/c21-14-7-6-13(18-19-14)15(22)20-8-12(9-20)17-16(23)24-10-11-4-2-1-3-5-11/h1-5,12H,6-10H2,(H,17,23)(H,19,21). The number of amides is 3. The van der Waals surface area contributed by atoms with Gasteiger partial charge in [0.15, 0.2) is 0 Å². The maximum absolute atomic E-state index is 12.1. The number of hydrogen-bond donors (Lipinski definition) is 2. The zero-order chi connectivity index (χ0) is 16.9. The van der Waals surface area contributed by atoms with E-state index in [4.69, 9.17) is 4.74 Å². The molecule has 1 aromatic carbocycles. The molecule has 8 heteroatoms. The highest BCUT2D eigenvalue weighted by atomic mass is 16.5. The number of nitrogens with zero attached hydrogens (tertiary/aromatic N) is 2. The summed E-state index contributed by atoms with van der Waals surface area (Å²) >= 11 is 0. The second-order valence-electron chi connectivity index (χ2n) is 5.71. The molecule has 2 heterocycles. The molecular formula is C16H18N4O4. The van der Waals surface area contributed by atoms with Gasteiger partial charge < -0.3 is 15.0 Å². The van der Waals surface area contributed by atoms with E-state index in [-0.39, 0.29) is 30.9 Å². The Morgan fingerprint density at radius 3 is 2.67 bits per heavy atom. The summed E-state index contributed by atoms with van der Waals surface area (Å²) in [5.41, 5.74) is 3.56. The Labute approximate surface area is 138 Å². The number of benzene rings is 1. The van der Waals surface area contributed by atoms with Crippen LogP contribution in [0.5, 0.6) is 0 Å². The summed E-state index contributed by atoms with van der Waals surface area (Å²) in [4.78, 5) is 36.5. The monoisotopic (exact) mass is 330 g/mol. The molecule has 0 aromatic heterocycles. The molecule has 2 N–H and O–H groups in total. The van der Waals surface area contributed by atoms with Crippen molar-refractivity contribution in [2.75, 3.05) is 13.1 Å². The van der Waals surface area contributed by atoms with Crippen LogP contribution in [0, 0.1) is 0 Å². The zero-order valence-electron chi connectivity index (χ0n) is 13.0. The van der Waals surface area contributed by atoms with Crippen molar-refractivity contribution >= 4 is 23.6 Å². The maximum atomic E-state index is 12.1. The molecule has 0 unspecified atom stereocenters. The van der Waals surface area contributed by atoms with E-state index in [9.17, 15) is 14.4 Å². The quantitative estimate of drug-likeness (QED) is 0.834. The third-order valence-electron chi connectivity index (χ3n) is 3.85. The summed E-state index contributed by atoms with van der Waals surface area (Å²) in [6.07, 6.45) is 0.114. The second-order valence-corrected chi connectivity index (χ2v) is 5.71. The number of carbonyl (C=O) groups is 3. The van der Waals surface area contributed by atoms with E-state index in [1.165, 1.54) is 0 Å². The van der Waals surface area contributed by atoms with Crippen LogP contribution < -0.4 is 10.7 Å². The van der Waals surface area contributed by atoms with Crippen molar-refractivity contribution in [2.45, 2.75) is 25.5 Å². The molecule has 0 saturated carbocycles. The Morgan fingerprint density at radius 1 is 1.25 bits per heavy atom. The maximum Gasteiger partial charge on any atom is 0.407 e. The van der Waals surface area contributed by atoms with Crippen LogP contribution >= 0.6 is 0 Å². The van der Waals surface area contributed by atoms with Gasteiger partial charge in [-0.25, -0.2) is 10.2 Å². The molecular weight excluding hydrogens is 312 g/mol. The van der Waals surface area contributed by atoms with E-state index in [1.807, 2.05) is 30.3 Å².